The fourth-order valence-electron chi connectivity index (χ4n) is 2.18. The largest absolute Gasteiger partial charge is 0.478 e. The number of aryl methyl sites for hydroxylation is 2. The van der Waals surface area contributed by atoms with Gasteiger partial charge in [0.15, 0.2) is 0 Å². The third-order valence-electron chi connectivity index (χ3n) is 3.56. The first-order valence-corrected chi connectivity index (χ1v) is 6.61. The molecule has 2 aromatic rings. The molecule has 2 aromatic carbocycles. The molecule has 2 rings (SSSR count). The molecule has 0 unspecified atom stereocenters. The molecule has 0 radical (unpaired) electrons. The van der Waals surface area contributed by atoms with Crippen molar-refractivity contribution < 1.29 is 14.7 Å². The minimum absolute atomic E-state index is 0.196. The summed E-state index contributed by atoms with van der Waals surface area (Å²) in [6.07, 6.45) is 0. The van der Waals surface area contributed by atoms with Crippen molar-refractivity contribution in [3.05, 3.63) is 64.2 Å². The molecule has 0 spiro atoms. The Morgan fingerprint density at radius 2 is 1.67 bits per heavy atom. The van der Waals surface area contributed by atoms with Crippen LogP contribution in [0.25, 0.3) is 0 Å². The van der Waals surface area contributed by atoms with E-state index in [9.17, 15) is 9.59 Å². The highest BCUT2D eigenvalue weighted by Crippen LogP contribution is 2.18. The normalized spacial score (nSPS) is 10.2. The predicted octanol–water partition coefficient (Wildman–Crippen LogP) is 3.56. The summed E-state index contributed by atoms with van der Waals surface area (Å²) in [5.41, 5.74) is 4.05. The molecule has 0 fully saturated rings. The molecule has 0 aliphatic carbocycles. The minimum atomic E-state index is -0.972. The molecule has 0 aliphatic heterocycles. The average Bonchev–Trinajstić information content (AvgIpc) is 2.41. The topological polar surface area (TPSA) is 66.4 Å². The van der Waals surface area contributed by atoms with Crippen molar-refractivity contribution in [2.24, 2.45) is 0 Å². The average molecular weight is 283 g/mol. The highest BCUT2D eigenvalue weighted by molar-refractivity contribution is 6.05. The Morgan fingerprint density at radius 1 is 0.952 bits per heavy atom. The molecule has 0 saturated carbocycles. The van der Waals surface area contributed by atoms with Crippen molar-refractivity contribution in [3.8, 4) is 0 Å². The maximum absolute atomic E-state index is 12.3. The van der Waals surface area contributed by atoms with E-state index in [4.69, 9.17) is 5.11 Å². The quantitative estimate of drug-likeness (QED) is 0.905. The third kappa shape index (κ3) is 3.11. The van der Waals surface area contributed by atoms with E-state index >= 15 is 0 Å². The Bertz CT molecular complexity index is 720. The van der Waals surface area contributed by atoms with E-state index < -0.39 is 5.97 Å². The molecule has 0 aromatic heterocycles. The molecule has 0 heterocycles. The Balaban J connectivity index is 2.26. The van der Waals surface area contributed by atoms with Crippen LogP contribution in [0.4, 0.5) is 5.69 Å². The molecular formula is C17H17NO3. The first-order chi connectivity index (χ1) is 9.90. The summed E-state index contributed by atoms with van der Waals surface area (Å²) < 4.78 is 0. The van der Waals surface area contributed by atoms with Crippen molar-refractivity contribution >= 4 is 17.6 Å². The van der Waals surface area contributed by atoms with Crippen LogP contribution < -0.4 is 5.32 Å². The number of hydrogen-bond donors (Lipinski definition) is 2. The molecule has 4 nitrogen and oxygen atoms in total. The molecular weight excluding hydrogens is 266 g/mol. The smallest absolute Gasteiger partial charge is 0.335 e. The number of carbonyl (C=O) groups is 2. The molecule has 4 heteroatoms. The maximum Gasteiger partial charge on any atom is 0.335 e. The van der Waals surface area contributed by atoms with Gasteiger partial charge in [0.05, 0.1) is 5.56 Å². The Hall–Kier alpha value is -2.62. The summed E-state index contributed by atoms with van der Waals surface area (Å²) in [7, 11) is 0. The van der Waals surface area contributed by atoms with Crippen LogP contribution in [0.5, 0.6) is 0 Å². The summed E-state index contributed by atoms with van der Waals surface area (Å²) in [4.78, 5) is 23.3. The van der Waals surface area contributed by atoms with E-state index in [2.05, 4.69) is 5.32 Å². The van der Waals surface area contributed by atoms with E-state index in [0.717, 1.165) is 11.1 Å². The second kappa shape index (κ2) is 5.79. The number of benzene rings is 2. The van der Waals surface area contributed by atoms with Crippen LogP contribution in [0, 0.1) is 20.8 Å². The van der Waals surface area contributed by atoms with Gasteiger partial charge in [-0.3, -0.25) is 4.79 Å². The van der Waals surface area contributed by atoms with Crippen molar-refractivity contribution in [2.45, 2.75) is 20.8 Å². The number of amides is 1. The predicted molar refractivity (Wildman–Crippen MR) is 82.0 cm³/mol. The highest BCUT2D eigenvalue weighted by atomic mass is 16.4. The number of anilines is 1. The van der Waals surface area contributed by atoms with Gasteiger partial charge in [0, 0.05) is 11.3 Å². The number of aromatic carboxylic acids is 1. The summed E-state index contributed by atoms with van der Waals surface area (Å²) >= 11 is 0. The monoisotopic (exact) mass is 283 g/mol. The Labute approximate surface area is 123 Å². The number of nitrogens with one attached hydrogen (secondary N) is 1. The van der Waals surface area contributed by atoms with Gasteiger partial charge in [0.1, 0.15) is 0 Å². The zero-order chi connectivity index (χ0) is 15.6. The van der Waals surface area contributed by atoms with Crippen molar-refractivity contribution in [2.75, 3.05) is 5.32 Å². The van der Waals surface area contributed by atoms with Crippen molar-refractivity contribution in [1.29, 1.82) is 0 Å². The van der Waals surface area contributed by atoms with Gasteiger partial charge in [-0.2, -0.15) is 0 Å². The number of carbonyl (C=O) groups excluding carboxylic acids is 1. The Kier molecular flexibility index (Phi) is 4.08. The lowest BCUT2D eigenvalue weighted by Crippen LogP contribution is -2.14. The molecule has 0 atom stereocenters. The summed E-state index contributed by atoms with van der Waals surface area (Å²) in [6, 6.07) is 10.3. The molecule has 108 valence electrons. The van der Waals surface area contributed by atoms with Crippen molar-refractivity contribution in [1.82, 2.24) is 0 Å². The van der Waals surface area contributed by atoms with Crippen LogP contribution in [0.15, 0.2) is 36.4 Å². The molecule has 2 N–H and O–H groups in total. The van der Waals surface area contributed by atoms with Gasteiger partial charge in [0.25, 0.3) is 5.91 Å². The lowest BCUT2D eigenvalue weighted by molar-refractivity contribution is 0.0696. The van der Waals surface area contributed by atoms with E-state index in [1.54, 1.807) is 25.1 Å². The molecule has 0 aliphatic rings. The number of rotatable bonds is 3. The number of carboxylic acid groups (broad SMARTS) is 1. The van der Waals surface area contributed by atoms with Gasteiger partial charge in [-0.15, -0.1) is 0 Å². The van der Waals surface area contributed by atoms with Gasteiger partial charge >= 0.3 is 5.97 Å². The van der Waals surface area contributed by atoms with E-state index in [0.29, 0.717) is 16.8 Å². The second-order valence-electron chi connectivity index (χ2n) is 5.04. The van der Waals surface area contributed by atoms with Crippen LogP contribution in [0.1, 0.15) is 37.4 Å². The minimum Gasteiger partial charge on any atom is -0.478 e. The van der Waals surface area contributed by atoms with Gasteiger partial charge < -0.3 is 10.4 Å². The summed E-state index contributed by atoms with van der Waals surface area (Å²) in [6.45, 7) is 5.57. The highest BCUT2D eigenvalue weighted by Gasteiger charge is 2.12. The first kappa shape index (κ1) is 14.8. The van der Waals surface area contributed by atoms with Crippen molar-refractivity contribution in [3.63, 3.8) is 0 Å². The van der Waals surface area contributed by atoms with Crippen LogP contribution >= 0.6 is 0 Å². The van der Waals surface area contributed by atoms with Crippen LogP contribution in [-0.4, -0.2) is 17.0 Å². The molecule has 1 amide bonds. The van der Waals surface area contributed by atoms with Gasteiger partial charge in [-0.1, -0.05) is 12.1 Å². The number of carboxylic acids is 1. The summed E-state index contributed by atoms with van der Waals surface area (Å²) in [5, 5.41) is 11.8. The fourth-order valence-corrected chi connectivity index (χ4v) is 2.18. The maximum atomic E-state index is 12.3. The van der Waals surface area contributed by atoms with Gasteiger partial charge in [-0.25, -0.2) is 4.79 Å². The van der Waals surface area contributed by atoms with Crippen LogP contribution in [-0.2, 0) is 0 Å². The van der Waals surface area contributed by atoms with Gasteiger partial charge in [0.2, 0.25) is 0 Å². The Morgan fingerprint density at radius 3 is 2.29 bits per heavy atom. The molecule has 0 bridgehead atoms. The van der Waals surface area contributed by atoms with Crippen LogP contribution in [0.3, 0.4) is 0 Å². The second-order valence-corrected chi connectivity index (χ2v) is 5.04. The summed E-state index contributed by atoms with van der Waals surface area (Å²) in [5.74, 6) is -1.17. The lowest BCUT2D eigenvalue weighted by atomic mass is 10.0. The third-order valence-corrected chi connectivity index (χ3v) is 3.56. The van der Waals surface area contributed by atoms with E-state index in [1.807, 2.05) is 26.0 Å². The molecule has 21 heavy (non-hydrogen) atoms. The molecule has 0 saturated heterocycles. The van der Waals surface area contributed by atoms with E-state index in [-0.39, 0.29) is 11.5 Å². The van der Waals surface area contributed by atoms with E-state index in [1.165, 1.54) is 6.07 Å². The zero-order valence-electron chi connectivity index (χ0n) is 12.2. The van der Waals surface area contributed by atoms with Gasteiger partial charge in [-0.05, 0) is 61.7 Å². The fraction of sp³-hybridized carbons (Fsp3) is 0.176. The standard InChI is InChI=1S/C17H17NO3/c1-10-5-4-6-15(12(10)3)16(19)18-13-7-8-14(17(20)21)11(2)9-13/h4-9H,1-3H3,(H,18,19)(H,20,21). The first-order valence-electron chi connectivity index (χ1n) is 6.61. The zero-order valence-corrected chi connectivity index (χ0v) is 12.2. The number of hydrogen-bond acceptors (Lipinski definition) is 2. The van der Waals surface area contributed by atoms with Crippen LogP contribution in [0.2, 0.25) is 0 Å². The lowest BCUT2D eigenvalue weighted by Gasteiger charge is -2.10. The SMILES string of the molecule is Cc1cc(NC(=O)c2cccc(C)c2C)ccc1C(=O)O.